The standard InChI is InChI=1S/C35H35N5O6/c1-35(2,3)46-34(42)40-24(10-21-17-38-29-9-7-6-8-26(21)29)20-45-25-11-22(16-37-19-25)31(41)12-27-23(15-36)18-39-30-14-33(44-5)32(43-4)13-28(27)30/h6-9,11,13-14,16-19,24,38H,10,12,20H2,1-5H3,(H,40,42)/t24-/m0/s1. The minimum absolute atomic E-state index is 0.0775. The van der Waals surface area contributed by atoms with Crippen LogP contribution in [0.5, 0.6) is 17.2 Å². The lowest BCUT2D eigenvalue weighted by Crippen LogP contribution is -2.43. The lowest BCUT2D eigenvalue weighted by atomic mass is 9.96. The zero-order valence-electron chi connectivity index (χ0n) is 26.3. The maximum Gasteiger partial charge on any atom is 0.408 e. The molecule has 0 aliphatic carbocycles. The first-order valence-corrected chi connectivity index (χ1v) is 14.7. The molecule has 0 aliphatic rings. The predicted octanol–water partition coefficient (Wildman–Crippen LogP) is 5.94. The third-order valence-corrected chi connectivity index (χ3v) is 7.29. The van der Waals surface area contributed by atoms with E-state index in [-0.39, 0.29) is 24.4 Å². The number of nitrogens with zero attached hydrogens (tertiary/aromatic N) is 3. The first kappa shape index (κ1) is 31.8. The number of para-hydroxylation sites is 1. The average Bonchev–Trinajstić information content (AvgIpc) is 3.44. The molecular formula is C35H35N5O6. The number of rotatable bonds is 11. The summed E-state index contributed by atoms with van der Waals surface area (Å²) in [6.07, 6.45) is 6.15. The fourth-order valence-corrected chi connectivity index (χ4v) is 5.16. The van der Waals surface area contributed by atoms with Crippen molar-refractivity contribution < 1.29 is 28.5 Å². The number of benzene rings is 2. The van der Waals surface area contributed by atoms with Crippen LogP contribution in [0, 0.1) is 11.3 Å². The summed E-state index contributed by atoms with van der Waals surface area (Å²) in [7, 11) is 3.04. The van der Waals surface area contributed by atoms with Crippen molar-refractivity contribution in [2.24, 2.45) is 0 Å². The zero-order valence-corrected chi connectivity index (χ0v) is 26.3. The van der Waals surface area contributed by atoms with E-state index in [0.717, 1.165) is 16.5 Å². The summed E-state index contributed by atoms with van der Waals surface area (Å²) in [4.78, 5) is 38.1. The second-order valence-corrected chi connectivity index (χ2v) is 11.7. The normalized spacial score (nSPS) is 11.9. The van der Waals surface area contributed by atoms with Crippen molar-refractivity contribution in [3.8, 4) is 23.3 Å². The summed E-state index contributed by atoms with van der Waals surface area (Å²) in [6.45, 7) is 5.49. The highest BCUT2D eigenvalue weighted by Gasteiger charge is 2.22. The van der Waals surface area contributed by atoms with Gasteiger partial charge >= 0.3 is 6.09 Å². The van der Waals surface area contributed by atoms with Crippen LogP contribution in [0.15, 0.2) is 67.3 Å². The number of ether oxygens (including phenoxy) is 4. The summed E-state index contributed by atoms with van der Waals surface area (Å²) in [5.74, 6) is 1.04. The Morgan fingerprint density at radius 1 is 1.02 bits per heavy atom. The smallest absolute Gasteiger partial charge is 0.408 e. The van der Waals surface area contributed by atoms with Gasteiger partial charge in [-0.15, -0.1) is 0 Å². The van der Waals surface area contributed by atoms with Gasteiger partial charge in [0, 0.05) is 52.9 Å². The number of aromatic amines is 1. The fraction of sp³-hybridized carbons (Fsp3) is 0.286. The van der Waals surface area contributed by atoms with Gasteiger partial charge in [0.25, 0.3) is 0 Å². The van der Waals surface area contributed by atoms with E-state index >= 15 is 0 Å². The molecule has 0 bridgehead atoms. The number of carbonyl (C=O) groups excluding carboxylic acids is 2. The van der Waals surface area contributed by atoms with Crippen molar-refractivity contribution in [2.75, 3.05) is 20.8 Å². The molecular weight excluding hydrogens is 586 g/mol. The minimum Gasteiger partial charge on any atom is -0.493 e. The number of carbonyl (C=O) groups is 2. The number of nitriles is 1. The molecule has 2 aromatic carbocycles. The summed E-state index contributed by atoms with van der Waals surface area (Å²) in [6, 6.07) is 14.6. The number of ketones is 1. The van der Waals surface area contributed by atoms with E-state index in [9.17, 15) is 14.9 Å². The summed E-state index contributed by atoms with van der Waals surface area (Å²) in [5, 5.41) is 14.4. The van der Waals surface area contributed by atoms with E-state index in [4.69, 9.17) is 18.9 Å². The molecule has 0 spiro atoms. The molecule has 3 aromatic heterocycles. The van der Waals surface area contributed by atoms with Gasteiger partial charge in [0.15, 0.2) is 17.3 Å². The van der Waals surface area contributed by atoms with E-state index in [0.29, 0.717) is 45.7 Å². The topological polar surface area (TPSA) is 148 Å². The summed E-state index contributed by atoms with van der Waals surface area (Å²) < 4.78 is 22.4. The van der Waals surface area contributed by atoms with Crippen LogP contribution in [0.2, 0.25) is 0 Å². The molecule has 5 rings (SSSR count). The van der Waals surface area contributed by atoms with Crippen molar-refractivity contribution in [1.29, 1.82) is 5.26 Å². The molecule has 0 aliphatic heterocycles. The van der Waals surface area contributed by atoms with Gasteiger partial charge in [-0.1, -0.05) is 18.2 Å². The number of H-pyrrole nitrogens is 1. The summed E-state index contributed by atoms with van der Waals surface area (Å²) >= 11 is 0. The van der Waals surface area contributed by atoms with Crippen molar-refractivity contribution in [1.82, 2.24) is 20.3 Å². The van der Waals surface area contributed by atoms with E-state index in [1.807, 2.05) is 30.5 Å². The van der Waals surface area contributed by atoms with Crippen molar-refractivity contribution in [2.45, 2.75) is 45.3 Å². The van der Waals surface area contributed by atoms with Crippen molar-refractivity contribution >= 4 is 33.7 Å². The molecule has 0 saturated heterocycles. The molecule has 236 valence electrons. The third-order valence-electron chi connectivity index (χ3n) is 7.29. The van der Waals surface area contributed by atoms with E-state index in [1.165, 1.54) is 32.8 Å². The van der Waals surface area contributed by atoms with Crippen LogP contribution in [-0.2, 0) is 17.6 Å². The maximum absolute atomic E-state index is 13.5. The average molecular weight is 622 g/mol. The number of nitrogens with one attached hydrogen (secondary N) is 2. The van der Waals surface area contributed by atoms with Gasteiger partial charge in [-0.3, -0.25) is 14.8 Å². The number of hydrogen-bond donors (Lipinski definition) is 2. The van der Waals surface area contributed by atoms with Gasteiger partial charge in [0.1, 0.15) is 24.0 Å². The molecule has 0 radical (unpaired) electrons. The van der Waals surface area contributed by atoms with Crippen LogP contribution in [0.3, 0.4) is 0 Å². The Balaban J connectivity index is 1.36. The third kappa shape index (κ3) is 7.35. The quantitative estimate of drug-likeness (QED) is 0.171. The lowest BCUT2D eigenvalue weighted by molar-refractivity contribution is 0.0487. The maximum atomic E-state index is 13.5. The molecule has 1 atom stereocenters. The Morgan fingerprint density at radius 2 is 1.78 bits per heavy atom. The van der Waals surface area contributed by atoms with Crippen LogP contribution in [0.25, 0.3) is 21.8 Å². The number of pyridine rings is 2. The van der Waals surface area contributed by atoms with Crippen LogP contribution in [-0.4, -0.2) is 59.3 Å². The van der Waals surface area contributed by atoms with Gasteiger partial charge in [-0.2, -0.15) is 5.26 Å². The molecule has 0 saturated carbocycles. The van der Waals surface area contributed by atoms with E-state index in [2.05, 4.69) is 26.3 Å². The Hall–Kier alpha value is -5.63. The molecule has 3 heterocycles. The Bertz CT molecular complexity index is 1940. The number of fused-ring (bicyclic) bond motifs is 2. The predicted molar refractivity (Wildman–Crippen MR) is 172 cm³/mol. The lowest BCUT2D eigenvalue weighted by Gasteiger charge is -2.24. The molecule has 5 aromatic rings. The Kier molecular flexibility index (Phi) is 9.37. The molecule has 0 fully saturated rings. The second-order valence-electron chi connectivity index (χ2n) is 11.7. The number of Topliss-reactive ketones (excluding diaryl/α,β-unsaturated/α-hetero) is 1. The molecule has 11 heteroatoms. The van der Waals surface area contributed by atoms with Gasteiger partial charge < -0.3 is 29.2 Å². The largest absolute Gasteiger partial charge is 0.493 e. The SMILES string of the molecule is COc1cc2ncc(C#N)c(CC(=O)c3cncc(OC[C@H](Cc4c[nH]c5ccccc45)NC(=O)OC(C)(C)C)c3)c2cc1OC. The molecule has 1 amide bonds. The Labute approximate surface area is 266 Å². The van der Waals surface area contributed by atoms with E-state index in [1.54, 1.807) is 39.0 Å². The van der Waals surface area contributed by atoms with Crippen LogP contribution in [0.4, 0.5) is 4.79 Å². The second kappa shape index (κ2) is 13.6. The first-order valence-electron chi connectivity index (χ1n) is 14.7. The number of aromatic nitrogens is 3. The summed E-state index contributed by atoms with van der Waals surface area (Å²) in [5.41, 5.74) is 3.00. The van der Waals surface area contributed by atoms with Gasteiger partial charge in [-0.05, 0) is 56.5 Å². The van der Waals surface area contributed by atoms with Gasteiger partial charge in [0.05, 0.1) is 37.5 Å². The van der Waals surface area contributed by atoms with Crippen LogP contribution in [0.1, 0.15) is 47.8 Å². The highest BCUT2D eigenvalue weighted by atomic mass is 16.6. The Morgan fingerprint density at radius 3 is 2.52 bits per heavy atom. The molecule has 11 nitrogen and oxygen atoms in total. The van der Waals surface area contributed by atoms with Gasteiger partial charge in [0.2, 0.25) is 0 Å². The minimum atomic E-state index is -0.669. The number of methoxy groups -OCH3 is 2. The van der Waals surface area contributed by atoms with Crippen molar-refractivity contribution in [3.63, 3.8) is 0 Å². The molecule has 46 heavy (non-hydrogen) atoms. The highest BCUT2D eigenvalue weighted by molar-refractivity contribution is 6.00. The fourth-order valence-electron chi connectivity index (χ4n) is 5.16. The van der Waals surface area contributed by atoms with E-state index < -0.39 is 17.7 Å². The van der Waals surface area contributed by atoms with Crippen LogP contribution >= 0.6 is 0 Å². The van der Waals surface area contributed by atoms with Crippen molar-refractivity contribution in [3.05, 3.63) is 89.5 Å². The molecule has 0 unspecified atom stereocenters. The monoisotopic (exact) mass is 621 g/mol. The molecule has 2 N–H and O–H groups in total. The zero-order chi connectivity index (χ0) is 32.8. The number of amides is 1. The number of hydrogen-bond acceptors (Lipinski definition) is 9. The first-order chi connectivity index (χ1) is 22.1. The van der Waals surface area contributed by atoms with Crippen LogP contribution < -0.4 is 19.5 Å². The highest BCUT2D eigenvalue weighted by Crippen LogP contribution is 2.34. The van der Waals surface area contributed by atoms with Gasteiger partial charge in [-0.25, -0.2) is 4.79 Å². The number of alkyl carbamates (subject to hydrolysis) is 1.